The number of carbonyl (C=O) groups excluding carboxylic acids is 1. The van der Waals surface area contributed by atoms with Gasteiger partial charge in [0.15, 0.2) is 9.84 Å². The molecule has 2 aromatic rings. The van der Waals surface area contributed by atoms with Crippen LogP contribution in [0.2, 0.25) is 5.02 Å². The van der Waals surface area contributed by atoms with E-state index in [2.05, 4.69) is 21.2 Å². The quantitative estimate of drug-likeness (QED) is 0.871. The third-order valence-electron chi connectivity index (χ3n) is 2.60. The number of halogens is 2. The number of carbonyl (C=O) groups is 1. The van der Waals surface area contributed by atoms with Crippen molar-refractivity contribution < 1.29 is 13.2 Å². The highest BCUT2D eigenvalue weighted by atomic mass is 79.9. The molecule has 0 heterocycles. The topological polar surface area (TPSA) is 63.2 Å². The molecule has 4 nitrogen and oxygen atoms in total. The van der Waals surface area contributed by atoms with Crippen LogP contribution in [0.3, 0.4) is 0 Å². The highest BCUT2D eigenvalue weighted by Gasteiger charge is 2.19. The minimum atomic E-state index is -3.69. The van der Waals surface area contributed by atoms with E-state index < -0.39 is 21.5 Å². The lowest BCUT2D eigenvalue weighted by Gasteiger charge is -2.07. The first-order chi connectivity index (χ1) is 9.87. The normalized spacial score (nSPS) is 11.1. The summed E-state index contributed by atoms with van der Waals surface area (Å²) in [5, 5.41) is 2.98. The maximum absolute atomic E-state index is 12.1. The summed E-state index contributed by atoms with van der Waals surface area (Å²) in [6, 6.07) is 12.6. The van der Waals surface area contributed by atoms with E-state index in [0.29, 0.717) is 10.7 Å². The second-order valence-corrected chi connectivity index (χ2v) is 7.61. The van der Waals surface area contributed by atoms with Gasteiger partial charge in [-0.2, -0.15) is 0 Å². The molecule has 0 spiro atoms. The lowest BCUT2D eigenvalue weighted by Crippen LogP contribution is -2.23. The zero-order valence-electron chi connectivity index (χ0n) is 10.7. The molecule has 2 aromatic carbocycles. The lowest BCUT2D eigenvalue weighted by molar-refractivity contribution is -0.113. The van der Waals surface area contributed by atoms with Crippen molar-refractivity contribution >= 4 is 49.0 Å². The van der Waals surface area contributed by atoms with Gasteiger partial charge in [0.2, 0.25) is 5.91 Å². The van der Waals surface area contributed by atoms with Crippen molar-refractivity contribution in [3.05, 3.63) is 58.0 Å². The Morgan fingerprint density at radius 1 is 1.14 bits per heavy atom. The summed E-state index contributed by atoms with van der Waals surface area (Å²) < 4.78 is 25.0. The summed E-state index contributed by atoms with van der Waals surface area (Å²) in [5.41, 5.74) is 0.528. The maximum Gasteiger partial charge on any atom is 0.239 e. The first-order valence-electron chi connectivity index (χ1n) is 5.90. The number of hydrogen-bond donors (Lipinski definition) is 1. The minimum Gasteiger partial charge on any atom is -0.325 e. The van der Waals surface area contributed by atoms with Gasteiger partial charge in [0, 0.05) is 15.2 Å². The molecule has 0 unspecified atom stereocenters. The number of sulfone groups is 1. The summed E-state index contributed by atoms with van der Waals surface area (Å²) >= 11 is 8.99. The predicted octanol–water partition coefficient (Wildman–Crippen LogP) is 3.51. The van der Waals surface area contributed by atoms with Gasteiger partial charge in [-0.15, -0.1) is 0 Å². The monoisotopic (exact) mass is 387 g/mol. The molecule has 1 N–H and O–H groups in total. The van der Waals surface area contributed by atoms with Crippen molar-refractivity contribution in [1.29, 1.82) is 0 Å². The Kier molecular flexibility index (Phi) is 5.03. The molecule has 1 amide bonds. The Morgan fingerprint density at radius 3 is 2.43 bits per heavy atom. The molecular weight excluding hydrogens is 378 g/mol. The Balaban J connectivity index is 2.09. The molecule has 21 heavy (non-hydrogen) atoms. The molecule has 0 fully saturated rings. The zero-order chi connectivity index (χ0) is 15.5. The van der Waals surface area contributed by atoms with Crippen molar-refractivity contribution in [2.45, 2.75) is 4.90 Å². The van der Waals surface area contributed by atoms with E-state index >= 15 is 0 Å². The lowest BCUT2D eigenvalue weighted by atomic mass is 10.3. The first-order valence-corrected chi connectivity index (χ1v) is 8.73. The van der Waals surface area contributed by atoms with E-state index in [-0.39, 0.29) is 4.90 Å². The molecule has 0 aromatic heterocycles. The number of hydrogen-bond acceptors (Lipinski definition) is 3. The summed E-state index contributed by atoms with van der Waals surface area (Å²) in [7, 11) is -3.69. The smallest absolute Gasteiger partial charge is 0.239 e. The van der Waals surface area contributed by atoms with Crippen LogP contribution in [0, 0.1) is 0 Å². The van der Waals surface area contributed by atoms with E-state index in [1.807, 2.05) is 0 Å². The second-order valence-electron chi connectivity index (χ2n) is 4.27. The van der Waals surface area contributed by atoms with Crippen molar-refractivity contribution in [3.8, 4) is 0 Å². The fourth-order valence-corrected chi connectivity index (χ4v) is 3.32. The maximum atomic E-state index is 12.1. The third-order valence-corrected chi connectivity index (χ3v) is 4.98. The number of rotatable bonds is 4. The number of benzene rings is 2. The second kappa shape index (κ2) is 6.60. The van der Waals surface area contributed by atoms with E-state index in [0.717, 1.165) is 4.47 Å². The molecular formula is C14H11BrClNO3S. The summed E-state index contributed by atoms with van der Waals surface area (Å²) in [5.74, 6) is -1.22. The van der Waals surface area contributed by atoms with Gasteiger partial charge < -0.3 is 5.32 Å². The van der Waals surface area contributed by atoms with Crippen LogP contribution in [-0.4, -0.2) is 20.1 Å². The molecule has 0 saturated heterocycles. The zero-order valence-corrected chi connectivity index (χ0v) is 13.9. The molecule has 0 saturated carbocycles. The Bertz CT molecular complexity index is 760. The highest BCUT2D eigenvalue weighted by Crippen LogP contribution is 2.17. The Morgan fingerprint density at radius 2 is 1.81 bits per heavy atom. The fraction of sp³-hybridized carbons (Fsp3) is 0.0714. The van der Waals surface area contributed by atoms with E-state index in [9.17, 15) is 13.2 Å². The number of amides is 1. The van der Waals surface area contributed by atoms with Crippen molar-refractivity contribution in [3.63, 3.8) is 0 Å². The van der Waals surface area contributed by atoms with Crippen LogP contribution in [0.4, 0.5) is 5.69 Å². The van der Waals surface area contributed by atoms with E-state index in [1.54, 1.807) is 24.3 Å². The predicted molar refractivity (Wildman–Crippen MR) is 86.3 cm³/mol. The highest BCUT2D eigenvalue weighted by molar-refractivity contribution is 9.10. The van der Waals surface area contributed by atoms with Gasteiger partial charge in [-0.1, -0.05) is 33.6 Å². The minimum absolute atomic E-state index is 0.0660. The Labute approximate surface area is 136 Å². The average Bonchev–Trinajstić information content (AvgIpc) is 2.38. The molecule has 0 atom stereocenters. The van der Waals surface area contributed by atoms with E-state index in [4.69, 9.17) is 11.6 Å². The third kappa shape index (κ3) is 4.56. The van der Waals surface area contributed by atoms with Gasteiger partial charge in [0.25, 0.3) is 0 Å². The van der Waals surface area contributed by atoms with Crippen LogP contribution in [0.5, 0.6) is 0 Å². The van der Waals surface area contributed by atoms with Gasteiger partial charge in [-0.05, 0) is 42.5 Å². The average molecular weight is 389 g/mol. The van der Waals surface area contributed by atoms with Gasteiger partial charge >= 0.3 is 0 Å². The van der Waals surface area contributed by atoms with E-state index in [1.165, 1.54) is 24.3 Å². The number of nitrogens with one attached hydrogen (secondary N) is 1. The molecule has 7 heteroatoms. The molecule has 2 rings (SSSR count). The largest absolute Gasteiger partial charge is 0.325 e. The van der Waals surface area contributed by atoms with Crippen LogP contribution in [-0.2, 0) is 14.6 Å². The Hall–Kier alpha value is -1.37. The van der Waals surface area contributed by atoms with Crippen molar-refractivity contribution in [2.75, 3.05) is 11.1 Å². The van der Waals surface area contributed by atoms with Gasteiger partial charge in [0.1, 0.15) is 5.75 Å². The first kappa shape index (κ1) is 16.0. The fourth-order valence-electron chi connectivity index (χ4n) is 1.66. The summed E-state index contributed by atoms with van der Waals surface area (Å²) in [6.45, 7) is 0. The van der Waals surface area contributed by atoms with Gasteiger partial charge in [-0.3, -0.25) is 4.79 Å². The van der Waals surface area contributed by atoms with Gasteiger partial charge in [-0.25, -0.2) is 8.42 Å². The molecule has 0 aliphatic carbocycles. The molecule has 110 valence electrons. The molecule has 0 aliphatic heterocycles. The van der Waals surface area contributed by atoms with Crippen LogP contribution in [0.1, 0.15) is 0 Å². The molecule has 0 radical (unpaired) electrons. The van der Waals surface area contributed by atoms with Crippen LogP contribution >= 0.6 is 27.5 Å². The number of anilines is 1. The molecule has 0 aliphatic rings. The van der Waals surface area contributed by atoms with Crippen molar-refractivity contribution in [2.24, 2.45) is 0 Å². The standard InChI is InChI=1S/C14H11BrClNO3S/c15-10-2-1-3-12(8-10)17-14(18)9-21(19,20)13-6-4-11(16)5-7-13/h1-8H,9H2,(H,17,18). The molecule has 0 bridgehead atoms. The summed E-state index contributed by atoms with van der Waals surface area (Å²) in [4.78, 5) is 11.9. The SMILES string of the molecule is O=C(CS(=O)(=O)c1ccc(Cl)cc1)Nc1cccc(Br)c1. The van der Waals surface area contributed by atoms with Crippen LogP contribution in [0.25, 0.3) is 0 Å². The van der Waals surface area contributed by atoms with Crippen LogP contribution < -0.4 is 5.32 Å². The van der Waals surface area contributed by atoms with Gasteiger partial charge in [0.05, 0.1) is 4.90 Å². The van der Waals surface area contributed by atoms with Crippen LogP contribution in [0.15, 0.2) is 57.9 Å². The summed E-state index contributed by atoms with van der Waals surface area (Å²) in [6.07, 6.45) is 0. The van der Waals surface area contributed by atoms with Crippen molar-refractivity contribution in [1.82, 2.24) is 0 Å².